The Morgan fingerprint density at radius 3 is 1.90 bits per heavy atom. The summed E-state index contributed by atoms with van der Waals surface area (Å²) in [6.45, 7) is 14.1. The second kappa shape index (κ2) is 9.45. The first-order chi connectivity index (χ1) is 19.1. The van der Waals surface area contributed by atoms with E-state index in [0.29, 0.717) is 0 Å². The number of pyridine rings is 2. The van der Waals surface area contributed by atoms with Gasteiger partial charge in [-0.2, -0.15) is 0 Å². The van der Waals surface area contributed by atoms with Gasteiger partial charge in [0.15, 0.2) is 0 Å². The molecule has 3 heteroatoms. The summed E-state index contributed by atoms with van der Waals surface area (Å²) in [5.41, 5.74) is 7.43. The minimum absolute atomic E-state index is 0.108. The molecule has 3 nitrogen and oxygen atoms in total. The standard InChI is InChI=1S/C37H37N3/c1-35(2,3)37(36(4,5)6,34-19-10-12-23-39-34)27-20-21-30-29-16-7-8-18-32(29)40(33(30)25-27)28-15-13-14-26(24-28)31-17-9-11-22-38-31/h7-25H,1-6H3. The Bertz CT molecular complexity index is 1790. The van der Waals surface area contributed by atoms with Gasteiger partial charge in [-0.25, -0.2) is 0 Å². The van der Waals surface area contributed by atoms with Gasteiger partial charge in [-0.3, -0.25) is 9.97 Å². The monoisotopic (exact) mass is 523 g/mol. The molecule has 40 heavy (non-hydrogen) atoms. The van der Waals surface area contributed by atoms with Gasteiger partial charge >= 0.3 is 0 Å². The zero-order chi connectivity index (χ0) is 28.1. The summed E-state index contributed by atoms with van der Waals surface area (Å²) in [6.07, 6.45) is 3.78. The van der Waals surface area contributed by atoms with Crippen LogP contribution in [0.25, 0.3) is 38.8 Å². The van der Waals surface area contributed by atoms with Gasteiger partial charge in [0.25, 0.3) is 0 Å². The lowest BCUT2D eigenvalue weighted by molar-refractivity contribution is 0.0866. The first kappa shape index (κ1) is 26.0. The predicted molar refractivity (Wildman–Crippen MR) is 168 cm³/mol. The van der Waals surface area contributed by atoms with E-state index in [9.17, 15) is 0 Å². The topological polar surface area (TPSA) is 30.7 Å². The molecular weight excluding hydrogens is 486 g/mol. The number of para-hydroxylation sites is 1. The average Bonchev–Trinajstić information content (AvgIpc) is 3.27. The molecule has 6 rings (SSSR count). The second-order valence-corrected chi connectivity index (χ2v) is 12.8. The number of hydrogen-bond donors (Lipinski definition) is 0. The van der Waals surface area contributed by atoms with Crippen molar-refractivity contribution >= 4 is 21.8 Å². The van der Waals surface area contributed by atoms with Crippen molar-refractivity contribution in [3.05, 3.63) is 127 Å². The van der Waals surface area contributed by atoms with Crippen LogP contribution in [0, 0.1) is 10.8 Å². The van der Waals surface area contributed by atoms with E-state index in [-0.39, 0.29) is 16.2 Å². The largest absolute Gasteiger partial charge is 0.309 e. The van der Waals surface area contributed by atoms with Gasteiger partial charge in [-0.05, 0) is 64.9 Å². The zero-order valence-electron chi connectivity index (χ0n) is 24.3. The number of fused-ring (bicyclic) bond motifs is 3. The lowest BCUT2D eigenvalue weighted by atomic mass is 9.49. The molecule has 6 aromatic rings. The van der Waals surface area contributed by atoms with E-state index in [1.165, 1.54) is 27.4 Å². The third kappa shape index (κ3) is 3.95. The Morgan fingerprint density at radius 2 is 1.23 bits per heavy atom. The summed E-state index contributed by atoms with van der Waals surface area (Å²) in [7, 11) is 0. The van der Waals surface area contributed by atoms with Crippen molar-refractivity contribution in [3.8, 4) is 16.9 Å². The molecule has 0 N–H and O–H groups in total. The lowest BCUT2D eigenvalue weighted by Gasteiger charge is -2.54. The minimum Gasteiger partial charge on any atom is -0.309 e. The van der Waals surface area contributed by atoms with Crippen LogP contribution >= 0.6 is 0 Å². The van der Waals surface area contributed by atoms with Crippen molar-refractivity contribution in [3.63, 3.8) is 0 Å². The zero-order valence-corrected chi connectivity index (χ0v) is 24.3. The smallest absolute Gasteiger partial charge is 0.0702 e. The van der Waals surface area contributed by atoms with Gasteiger partial charge in [0.1, 0.15) is 0 Å². The molecule has 3 aromatic carbocycles. The summed E-state index contributed by atoms with van der Waals surface area (Å²) in [5, 5.41) is 2.50. The molecule has 0 aliphatic heterocycles. The van der Waals surface area contributed by atoms with Crippen LogP contribution in [0.2, 0.25) is 0 Å². The molecule has 0 fully saturated rings. The SMILES string of the molecule is CC(C)(C)C(c1ccc2c3ccccc3n(-c3cccc(-c4ccccn4)c3)c2c1)(c1ccccn1)C(C)(C)C. The van der Waals surface area contributed by atoms with Crippen molar-refractivity contribution in [2.45, 2.75) is 47.0 Å². The predicted octanol–water partition coefficient (Wildman–Crippen LogP) is 9.62. The molecule has 0 atom stereocenters. The van der Waals surface area contributed by atoms with Crippen LogP contribution in [0.4, 0.5) is 0 Å². The fourth-order valence-electron chi connectivity index (χ4n) is 7.31. The van der Waals surface area contributed by atoms with Crippen molar-refractivity contribution in [2.24, 2.45) is 10.8 Å². The number of hydrogen-bond acceptors (Lipinski definition) is 2. The van der Waals surface area contributed by atoms with Crippen LogP contribution in [0.15, 0.2) is 116 Å². The molecule has 3 aromatic heterocycles. The van der Waals surface area contributed by atoms with Crippen LogP contribution in [0.1, 0.15) is 52.8 Å². The van der Waals surface area contributed by atoms with Crippen molar-refractivity contribution in [1.29, 1.82) is 0 Å². The van der Waals surface area contributed by atoms with Gasteiger partial charge in [0.05, 0.1) is 22.4 Å². The highest BCUT2D eigenvalue weighted by molar-refractivity contribution is 6.09. The first-order valence-corrected chi connectivity index (χ1v) is 14.1. The molecule has 0 amide bonds. The Labute approximate surface area is 237 Å². The summed E-state index contributed by atoms with van der Waals surface area (Å²) in [4.78, 5) is 9.61. The van der Waals surface area contributed by atoms with E-state index in [4.69, 9.17) is 4.98 Å². The van der Waals surface area contributed by atoms with E-state index < -0.39 is 0 Å². The number of rotatable bonds is 4. The van der Waals surface area contributed by atoms with E-state index in [0.717, 1.165) is 22.6 Å². The van der Waals surface area contributed by atoms with E-state index >= 15 is 0 Å². The molecule has 3 heterocycles. The van der Waals surface area contributed by atoms with Gasteiger partial charge in [-0.15, -0.1) is 0 Å². The summed E-state index contributed by atoms with van der Waals surface area (Å²) < 4.78 is 2.41. The van der Waals surface area contributed by atoms with Crippen LogP contribution in [-0.2, 0) is 5.41 Å². The molecular formula is C37H37N3. The van der Waals surface area contributed by atoms with Crippen LogP contribution in [-0.4, -0.2) is 14.5 Å². The minimum atomic E-state index is -0.341. The third-order valence-corrected chi connectivity index (χ3v) is 8.47. The summed E-state index contributed by atoms with van der Waals surface area (Å²) in [6, 6.07) is 36.9. The summed E-state index contributed by atoms with van der Waals surface area (Å²) >= 11 is 0. The fourth-order valence-corrected chi connectivity index (χ4v) is 7.31. The first-order valence-electron chi connectivity index (χ1n) is 14.1. The Hall–Kier alpha value is -4.24. The van der Waals surface area contributed by atoms with Crippen molar-refractivity contribution in [1.82, 2.24) is 14.5 Å². The van der Waals surface area contributed by atoms with Gasteiger partial charge < -0.3 is 4.57 Å². The maximum Gasteiger partial charge on any atom is 0.0702 e. The molecule has 0 unspecified atom stereocenters. The van der Waals surface area contributed by atoms with E-state index in [1.54, 1.807) is 0 Å². The fraction of sp³-hybridized carbons (Fsp3) is 0.243. The number of aromatic nitrogens is 3. The van der Waals surface area contributed by atoms with Crippen molar-refractivity contribution in [2.75, 3.05) is 0 Å². The molecule has 0 saturated carbocycles. The van der Waals surface area contributed by atoms with Gasteiger partial charge in [0, 0.05) is 39.8 Å². The molecule has 0 aliphatic rings. The highest BCUT2D eigenvalue weighted by Crippen LogP contribution is 2.57. The van der Waals surface area contributed by atoms with Crippen LogP contribution in [0.5, 0.6) is 0 Å². The quantitative estimate of drug-likeness (QED) is 0.230. The molecule has 0 saturated heterocycles. The Morgan fingerprint density at radius 1 is 0.550 bits per heavy atom. The average molecular weight is 524 g/mol. The Kier molecular flexibility index (Phi) is 6.14. The highest BCUT2D eigenvalue weighted by Gasteiger charge is 2.54. The van der Waals surface area contributed by atoms with E-state index in [1.807, 2.05) is 30.6 Å². The van der Waals surface area contributed by atoms with Crippen LogP contribution in [0.3, 0.4) is 0 Å². The highest BCUT2D eigenvalue weighted by atomic mass is 15.0. The third-order valence-electron chi connectivity index (χ3n) is 8.47. The maximum atomic E-state index is 5.00. The van der Waals surface area contributed by atoms with E-state index in [2.05, 4.69) is 136 Å². The normalized spacial score (nSPS) is 12.8. The van der Waals surface area contributed by atoms with Crippen molar-refractivity contribution < 1.29 is 0 Å². The Balaban J connectivity index is 1.69. The lowest BCUT2D eigenvalue weighted by Crippen LogP contribution is -2.51. The molecule has 0 bridgehead atoms. The van der Waals surface area contributed by atoms with Gasteiger partial charge in [0.2, 0.25) is 0 Å². The number of benzene rings is 3. The molecule has 0 spiro atoms. The second-order valence-electron chi connectivity index (χ2n) is 12.8. The maximum absolute atomic E-state index is 5.00. The van der Waals surface area contributed by atoms with Crippen LogP contribution < -0.4 is 0 Å². The molecule has 0 radical (unpaired) electrons. The molecule has 200 valence electrons. The van der Waals surface area contributed by atoms with Gasteiger partial charge in [-0.1, -0.05) is 96.1 Å². The summed E-state index contributed by atoms with van der Waals surface area (Å²) in [5.74, 6) is 0. The number of nitrogens with zero attached hydrogens (tertiary/aromatic N) is 3. The molecule has 0 aliphatic carbocycles.